The lowest BCUT2D eigenvalue weighted by Crippen LogP contribution is -2.27. The first-order valence-corrected chi connectivity index (χ1v) is 6.17. The fourth-order valence-electron chi connectivity index (χ4n) is 1.66. The van der Waals surface area contributed by atoms with E-state index in [0.29, 0.717) is 17.8 Å². The van der Waals surface area contributed by atoms with Crippen molar-refractivity contribution in [1.29, 1.82) is 5.26 Å². The molecule has 2 aromatic rings. The number of hydrogen-bond donors (Lipinski definition) is 2. The zero-order chi connectivity index (χ0) is 14.2. The van der Waals surface area contributed by atoms with E-state index in [0.717, 1.165) is 5.56 Å². The van der Waals surface area contributed by atoms with Crippen LogP contribution in [0.5, 0.6) is 0 Å². The number of benzene rings is 1. The van der Waals surface area contributed by atoms with Gasteiger partial charge in [0.15, 0.2) is 0 Å². The van der Waals surface area contributed by atoms with Crippen molar-refractivity contribution in [3.8, 4) is 6.07 Å². The molecule has 20 heavy (non-hydrogen) atoms. The number of pyridine rings is 1. The minimum atomic E-state index is -0.126. The van der Waals surface area contributed by atoms with Crippen LogP contribution in [0.15, 0.2) is 48.8 Å². The van der Waals surface area contributed by atoms with Gasteiger partial charge in [0.2, 0.25) is 5.91 Å². The molecule has 0 saturated heterocycles. The van der Waals surface area contributed by atoms with Crippen LogP contribution in [0.2, 0.25) is 0 Å². The van der Waals surface area contributed by atoms with Crippen molar-refractivity contribution in [1.82, 2.24) is 10.3 Å². The van der Waals surface area contributed by atoms with Crippen molar-refractivity contribution in [2.24, 2.45) is 0 Å². The van der Waals surface area contributed by atoms with E-state index in [4.69, 9.17) is 5.26 Å². The van der Waals surface area contributed by atoms with Crippen LogP contribution in [0, 0.1) is 11.3 Å². The number of nitriles is 1. The second kappa shape index (κ2) is 7.02. The normalized spacial score (nSPS) is 9.75. The molecule has 0 spiro atoms. The molecule has 100 valence electrons. The smallest absolute Gasteiger partial charge is 0.238 e. The van der Waals surface area contributed by atoms with E-state index in [1.165, 1.54) is 0 Å². The van der Waals surface area contributed by atoms with Gasteiger partial charge in [-0.15, -0.1) is 0 Å². The van der Waals surface area contributed by atoms with Gasteiger partial charge in [-0.05, 0) is 35.9 Å². The fourth-order valence-corrected chi connectivity index (χ4v) is 1.66. The van der Waals surface area contributed by atoms with E-state index >= 15 is 0 Å². The molecule has 0 aliphatic heterocycles. The maximum absolute atomic E-state index is 11.7. The van der Waals surface area contributed by atoms with Crippen molar-refractivity contribution in [2.45, 2.75) is 6.54 Å². The van der Waals surface area contributed by atoms with E-state index in [9.17, 15) is 4.79 Å². The van der Waals surface area contributed by atoms with E-state index in [1.54, 1.807) is 36.7 Å². The molecule has 0 aliphatic rings. The first-order valence-electron chi connectivity index (χ1n) is 6.17. The van der Waals surface area contributed by atoms with Crippen LogP contribution in [0.25, 0.3) is 0 Å². The average molecular weight is 266 g/mol. The summed E-state index contributed by atoms with van der Waals surface area (Å²) in [6.45, 7) is 0.809. The van der Waals surface area contributed by atoms with Crippen molar-refractivity contribution in [3.63, 3.8) is 0 Å². The lowest BCUT2D eigenvalue weighted by Gasteiger charge is -2.06. The largest absolute Gasteiger partial charge is 0.325 e. The highest BCUT2D eigenvalue weighted by Crippen LogP contribution is 2.08. The Kier molecular flexibility index (Phi) is 4.81. The summed E-state index contributed by atoms with van der Waals surface area (Å²) in [5.74, 6) is -0.126. The molecule has 5 heteroatoms. The van der Waals surface area contributed by atoms with Gasteiger partial charge in [-0.25, -0.2) is 0 Å². The number of carbonyl (C=O) groups excluding carboxylic acids is 1. The van der Waals surface area contributed by atoms with Crippen LogP contribution in [-0.2, 0) is 11.3 Å². The quantitative estimate of drug-likeness (QED) is 0.863. The fraction of sp³-hybridized carbons (Fsp3) is 0.133. The third-order valence-electron chi connectivity index (χ3n) is 2.64. The number of hydrogen-bond acceptors (Lipinski definition) is 4. The van der Waals surface area contributed by atoms with E-state index in [2.05, 4.69) is 15.6 Å². The second-order valence-electron chi connectivity index (χ2n) is 4.20. The number of amides is 1. The standard InChI is InChI=1S/C15H14N4O/c16-8-12-3-5-14(6-4-12)19-15(20)11-18-10-13-2-1-7-17-9-13/h1-7,9,18H,10-11H2,(H,19,20). The Morgan fingerprint density at radius 2 is 2.05 bits per heavy atom. The summed E-state index contributed by atoms with van der Waals surface area (Å²) in [6.07, 6.45) is 3.46. The highest BCUT2D eigenvalue weighted by molar-refractivity contribution is 5.92. The molecule has 5 nitrogen and oxygen atoms in total. The minimum absolute atomic E-state index is 0.126. The predicted molar refractivity (Wildman–Crippen MR) is 75.7 cm³/mol. The van der Waals surface area contributed by atoms with Crippen molar-refractivity contribution in [2.75, 3.05) is 11.9 Å². The Balaban J connectivity index is 1.76. The molecule has 2 rings (SSSR count). The lowest BCUT2D eigenvalue weighted by atomic mass is 10.2. The summed E-state index contributed by atoms with van der Waals surface area (Å²) in [5, 5.41) is 14.5. The molecule has 0 atom stereocenters. The van der Waals surface area contributed by atoms with Gasteiger partial charge in [-0.1, -0.05) is 6.07 Å². The van der Waals surface area contributed by atoms with E-state index in [1.807, 2.05) is 18.2 Å². The molecule has 2 N–H and O–H groups in total. The minimum Gasteiger partial charge on any atom is -0.325 e. The number of rotatable bonds is 5. The molecule has 0 unspecified atom stereocenters. The Hall–Kier alpha value is -2.71. The van der Waals surface area contributed by atoms with Crippen molar-refractivity contribution in [3.05, 3.63) is 59.9 Å². The number of anilines is 1. The summed E-state index contributed by atoms with van der Waals surface area (Å²) < 4.78 is 0. The molecular weight excluding hydrogens is 252 g/mol. The van der Waals surface area contributed by atoms with Gasteiger partial charge >= 0.3 is 0 Å². The Morgan fingerprint density at radius 1 is 1.25 bits per heavy atom. The topological polar surface area (TPSA) is 77.8 Å². The van der Waals surface area contributed by atoms with Crippen LogP contribution in [-0.4, -0.2) is 17.4 Å². The van der Waals surface area contributed by atoms with Gasteiger partial charge in [-0.3, -0.25) is 9.78 Å². The van der Waals surface area contributed by atoms with Crippen LogP contribution in [0.4, 0.5) is 5.69 Å². The molecule has 0 aliphatic carbocycles. The van der Waals surface area contributed by atoms with Crippen LogP contribution < -0.4 is 10.6 Å². The third-order valence-corrected chi connectivity index (χ3v) is 2.64. The maximum atomic E-state index is 11.7. The lowest BCUT2D eigenvalue weighted by molar-refractivity contribution is -0.115. The van der Waals surface area contributed by atoms with Crippen LogP contribution in [0.1, 0.15) is 11.1 Å². The molecule has 1 aromatic heterocycles. The Morgan fingerprint density at radius 3 is 2.70 bits per heavy atom. The highest BCUT2D eigenvalue weighted by Gasteiger charge is 2.02. The van der Waals surface area contributed by atoms with Gasteiger partial charge in [0, 0.05) is 24.6 Å². The summed E-state index contributed by atoms with van der Waals surface area (Å²) in [4.78, 5) is 15.7. The molecule has 1 amide bonds. The highest BCUT2D eigenvalue weighted by atomic mass is 16.1. The molecular formula is C15H14N4O. The molecule has 1 heterocycles. The summed E-state index contributed by atoms with van der Waals surface area (Å²) in [6, 6.07) is 12.6. The molecule has 1 aromatic carbocycles. The van der Waals surface area contributed by atoms with Gasteiger partial charge in [0.05, 0.1) is 18.2 Å². The van der Waals surface area contributed by atoms with Gasteiger partial charge in [-0.2, -0.15) is 5.26 Å². The van der Waals surface area contributed by atoms with Crippen LogP contribution >= 0.6 is 0 Å². The first kappa shape index (κ1) is 13.7. The number of carbonyl (C=O) groups is 1. The summed E-state index contributed by atoms with van der Waals surface area (Å²) >= 11 is 0. The SMILES string of the molecule is N#Cc1ccc(NC(=O)CNCc2cccnc2)cc1. The van der Waals surface area contributed by atoms with Gasteiger partial charge in [0.1, 0.15) is 0 Å². The second-order valence-corrected chi connectivity index (χ2v) is 4.20. The van der Waals surface area contributed by atoms with E-state index < -0.39 is 0 Å². The Bertz CT molecular complexity index is 602. The van der Waals surface area contributed by atoms with Gasteiger partial charge < -0.3 is 10.6 Å². The van der Waals surface area contributed by atoms with Crippen molar-refractivity contribution >= 4 is 11.6 Å². The predicted octanol–water partition coefficient (Wildman–Crippen LogP) is 1.68. The number of nitrogens with one attached hydrogen (secondary N) is 2. The molecule has 0 radical (unpaired) electrons. The van der Waals surface area contributed by atoms with E-state index in [-0.39, 0.29) is 12.5 Å². The van der Waals surface area contributed by atoms with Gasteiger partial charge in [0.25, 0.3) is 0 Å². The number of aromatic nitrogens is 1. The summed E-state index contributed by atoms with van der Waals surface area (Å²) in [5.41, 5.74) is 2.27. The monoisotopic (exact) mass is 266 g/mol. The number of nitrogens with zero attached hydrogens (tertiary/aromatic N) is 2. The average Bonchev–Trinajstić information content (AvgIpc) is 2.49. The zero-order valence-electron chi connectivity index (χ0n) is 10.8. The zero-order valence-corrected chi connectivity index (χ0v) is 10.8. The first-order chi connectivity index (χ1) is 9.78. The third kappa shape index (κ3) is 4.19. The van der Waals surface area contributed by atoms with Crippen molar-refractivity contribution < 1.29 is 4.79 Å². The summed E-state index contributed by atoms with van der Waals surface area (Å²) in [7, 11) is 0. The van der Waals surface area contributed by atoms with Crippen LogP contribution in [0.3, 0.4) is 0 Å². The molecule has 0 fully saturated rings. The Labute approximate surface area is 117 Å². The molecule has 0 saturated carbocycles. The maximum Gasteiger partial charge on any atom is 0.238 e. The molecule has 0 bridgehead atoms.